The van der Waals surface area contributed by atoms with Crippen molar-refractivity contribution in [3.8, 4) is 66.8 Å². The van der Waals surface area contributed by atoms with Gasteiger partial charge in [-0.25, -0.2) is 0 Å². The van der Waals surface area contributed by atoms with Gasteiger partial charge in [-0.05, 0) is 139 Å². The molecule has 0 radical (unpaired) electrons. The molecule has 0 amide bonds. The number of fused-ring (bicyclic) bond motifs is 4. The fourth-order valence-corrected chi connectivity index (χ4v) is 10.7. The molecule has 0 spiro atoms. The largest absolute Gasteiger partial charge is 0.310 e. The molecule has 1 nitrogen and oxygen atoms in total. The van der Waals surface area contributed by atoms with Gasteiger partial charge in [0.2, 0.25) is 0 Å². The van der Waals surface area contributed by atoms with Gasteiger partial charge in [0.25, 0.3) is 0 Å². The highest BCUT2D eigenvalue weighted by atomic mass is 32.1. The van der Waals surface area contributed by atoms with E-state index in [2.05, 4.69) is 266 Å². The third-order valence-corrected chi connectivity index (χ3v) is 14.0. The van der Waals surface area contributed by atoms with Gasteiger partial charge in [0.1, 0.15) is 0 Å². The van der Waals surface area contributed by atoms with E-state index in [1.807, 2.05) is 11.3 Å². The Balaban J connectivity index is 0.971. The molecule has 2 heteroatoms. The second-order valence-electron chi connectivity index (χ2n) is 16.9. The number of para-hydroxylation sites is 1. The zero-order valence-electron chi connectivity index (χ0n) is 36.2. The Labute approximate surface area is 389 Å². The van der Waals surface area contributed by atoms with E-state index in [-0.39, 0.29) is 0 Å². The minimum absolute atomic E-state index is 1.08. The number of thiophene rings is 1. The second kappa shape index (κ2) is 17.0. The summed E-state index contributed by atoms with van der Waals surface area (Å²) >= 11 is 1.86. The second-order valence-corrected chi connectivity index (χ2v) is 18.0. The molecule has 12 rings (SSSR count). The van der Waals surface area contributed by atoms with Crippen molar-refractivity contribution in [3.05, 3.63) is 261 Å². The van der Waals surface area contributed by atoms with Crippen molar-refractivity contribution in [2.24, 2.45) is 0 Å². The van der Waals surface area contributed by atoms with Crippen LogP contribution in [0.4, 0.5) is 17.1 Å². The molecule has 0 aliphatic heterocycles. The predicted molar refractivity (Wildman–Crippen MR) is 284 cm³/mol. The van der Waals surface area contributed by atoms with Crippen LogP contribution in [0.5, 0.6) is 0 Å². The first-order chi connectivity index (χ1) is 32.7. The van der Waals surface area contributed by atoms with Crippen molar-refractivity contribution in [2.45, 2.75) is 0 Å². The summed E-state index contributed by atoms with van der Waals surface area (Å²) in [6, 6.07) is 95.2. The number of anilines is 3. The molecule has 310 valence electrons. The van der Waals surface area contributed by atoms with Gasteiger partial charge in [-0.2, -0.15) is 0 Å². The van der Waals surface area contributed by atoms with Gasteiger partial charge in [0, 0.05) is 37.1 Å². The Morgan fingerprint density at radius 1 is 0.242 bits per heavy atom. The fraction of sp³-hybridized carbons (Fsp3) is 0. The molecule has 0 aliphatic rings. The molecule has 0 aliphatic carbocycles. The number of nitrogens with zero attached hydrogens (tertiary/aromatic N) is 1. The number of hydrogen-bond acceptors (Lipinski definition) is 2. The highest BCUT2D eigenvalue weighted by Gasteiger charge is 2.19. The first-order valence-corrected chi connectivity index (χ1v) is 23.4. The van der Waals surface area contributed by atoms with E-state index in [9.17, 15) is 0 Å². The van der Waals surface area contributed by atoms with Crippen LogP contribution < -0.4 is 4.90 Å². The number of rotatable bonds is 9. The topological polar surface area (TPSA) is 3.24 Å². The van der Waals surface area contributed by atoms with Crippen molar-refractivity contribution < 1.29 is 0 Å². The van der Waals surface area contributed by atoms with E-state index in [0.717, 1.165) is 33.8 Å². The summed E-state index contributed by atoms with van der Waals surface area (Å²) in [6.45, 7) is 0. The van der Waals surface area contributed by atoms with Gasteiger partial charge < -0.3 is 4.90 Å². The molecule has 1 heterocycles. The molecule has 0 atom stereocenters. The standard InChI is InChI=1S/C64H43NS/c1-3-15-44(16-4-1)52-40-53(45-17-5-2-6-18-45)42-54(41-52)47-31-36-56(37-32-47)65(55-34-29-46(30-35-55)49-33-38-61-60-25-10-12-28-63(60)66-64(61)43-49)62-27-11-9-24-59(62)51-22-13-21-50(39-51)58-26-14-20-48-19-7-8-23-57(48)58/h1-43H. The molecule has 0 fully saturated rings. The van der Waals surface area contributed by atoms with E-state index >= 15 is 0 Å². The Hall–Kier alpha value is -8.30. The zero-order valence-corrected chi connectivity index (χ0v) is 37.0. The highest BCUT2D eigenvalue weighted by Crippen LogP contribution is 2.44. The molecule has 0 unspecified atom stereocenters. The molecule has 0 bridgehead atoms. The van der Waals surface area contributed by atoms with Crippen LogP contribution in [0.1, 0.15) is 0 Å². The molecule has 12 aromatic rings. The van der Waals surface area contributed by atoms with Crippen LogP contribution in [0, 0.1) is 0 Å². The van der Waals surface area contributed by atoms with Crippen LogP contribution in [-0.2, 0) is 0 Å². The van der Waals surface area contributed by atoms with Crippen molar-refractivity contribution >= 4 is 59.3 Å². The lowest BCUT2D eigenvalue weighted by Crippen LogP contribution is -2.11. The molecule has 0 saturated heterocycles. The quantitative estimate of drug-likeness (QED) is 0.140. The molecular weight excluding hydrogens is 815 g/mol. The van der Waals surface area contributed by atoms with Gasteiger partial charge in [-0.1, -0.05) is 194 Å². The third kappa shape index (κ3) is 7.44. The summed E-state index contributed by atoms with van der Waals surface area (Å²) in [5.41, 5.74) is 17.6. The van der Waals surface area contributed by atoms with Gasteiger partial charge >= 0.3 is 0 Å². The molecule has 11 aromatic carbocycles. The average Bonchev–Trinajstić information content (AvgIpc) is 3.78. The average molecular weight is 858 g/mol. The fourth-order valence-electron chi connectivity index (χ4n) is 9.57. The zero-order chi connectivity index (χ0) is 43.8. The first kappa shape index (κ1) is 39.3. The minimum atomic E-state index is 1.08. The molecule has 1 aromatic heterocycles. The summed E-state index contributed by atoms with van der Waals surface area (Å²) < 4.78 is 2.63. The van der Waals surface area contributed by atoms with Crippen molar-refractivity contribution in [1.29, 1.82) is 0 Å². The van der Waals surface area contributed by atoms with Crippen LogP contribution in [-0.4, -0.2) is 0 Å². The van der Waals surface area contributed by atoms with Crippen molar-refractivity contribution in [2.75, 3.05) is 4.90 Å². The van der Waals surface area contributed by atoms with E-state index in [0.29, 0.717) is 0 Å². The minimum Gasteiger partial charge on any atom is -0.310 e. The Kier molecular flexibility index (Phi) is 10.1. The van der Waals surface area contributed by atoms with Gasteiger partial charge in [-0.3, -0.25) is 0 Å². The van der Waals surface area contributed by atoms with Gasteiger partial charge in [0.15, 0.2) is 0 Å². The molecular formula is C64H43NS. The van der Waals surface area contributed by atoms with E-state index in [1.54, 1.807) is 0 Å². The first-order valence-electron chi connectivity index (χ1n) is 22.6. The van der Waals surface area contributed by atoms with Gasteiger partial charge in [-0.15, -0.1) is 11.3 Å². The van der Waals surface area contributed by atoms with Crippen LogP contribution in [0.25, 0.3) is 97.7 Å². The Bertz CT molecular complexity index is 3620. The molecule has 0 N–H and O–H groups in total. The number of hydrogen-bond donors (Lipinski definition) is 0. The Morgan fingerprint density at radius 2 is 0.682 bits per heavy atom. The van der Waals surface area contributed by atoms with Crippen LogP contribution in [0.2, 0.25) is 0 Å². The summed E-state index contributed by atoms with van der Waals surface area (Å²) in [6.07, 6.45) is 0. The maximum atomic E-state index is 2.42. The lowest BCUT2D eigenvalue weighted by atomic mass is 9.93. The maximum absolute atomic E-state index is 2.42. The van der Waals surface area contributed by atoms with Crippen LogP contribution >= 0.6 is 11.3 Å². The lowest BCUT2D eigenvalue weighted by molar-refractivity contribution is 1.28. The molecule has 0 saturated carbocycles. The van der Waals surface area contributed by atoms with E-state index in [4.69, 9.17) is 0 Å². The summed E-state index contributed by atoms with van der Waals surface area (Å²) in [7, 11) is 0. The van der Waals surface area contributed by atoms with Crippen molar-refractivity contribution in [1.82, 2.24) is 0 Å². The maximum Gasteiger partial charge on any atom is 0.0540 e. The number of benzene rings is 11. The monoisotopic (exact) mass is 857 g/mol. The van der Waals surface area contributed by atoms with Gasteiger partial charge in [0.05, 0.1) is 5.69 Å². The van der Waals surface area contributed by atoms with Crippen LogP contribution in [0.3, 0.4) is 0 Å². The van der Waals surface area contributed by atoms with E-state index in [1.165, 1.54) is 81.0 Å². The summed E-state index contributed by atoms with van der Waals surface area (Å²) in [4.78, 5) is 2.42. The van der Waals surface area contributed by atoms with Crippen LogP contribution in [0.15, 0.2) is 261 Å². The highest BCUT2D eigenvalue weighted by molar-refractivity contribution is 7.25. The smallest absolute Gasteiger partial charge is 0.0540 e. The predicted octanol–water partition coefficient (Wildman–Crippen LogP) is 18.7. The normalized spacial score (nSPS) is 11.3. The summed E-state index contributed by atoms with van der Waals surface area (Å²) in [5.74, 6) is 0. The van der Waals surface area contributed by atoms with E-state index < -0.39 is 0 Å². The Morgan fingerprint density at radius 3 is 1.36 bits per heavy atom. The molecule has 66 heavy (non-hydrogen) atoms. The summed E-state index contributed by atoms with van der Waals surface area (Å²) in [5, 5.41) is 5.13. The lowest BCUT2D eigenvalue weighted by Gasteiger charge is -2.28. The van der Waals surface area contributed by atoms with Crippen molar-refractivity contribution in [3.63, 3.8) is 0 Å². The SMILES string of the molecule is c1ccc(-c2cc(-c3ccccc3)cc(-c3ccc(N(c4ccc(-c5ccc6c(c5)sc5ccccc56)cc4)c4ccccc4-c4cccc(-c5cccc6ccccc56)c4)cc3)c2)cc1. The third-order valence-electron chi connectivity index (χ3n) is 12.9.